The predicted molar refractivity (Wildman–Crippen MR) is 70.5 cm³/mol. The van der Waals surface area contributed by atoms with Crippen LogP contribution in [-0.2, 0) is 0 Å². The molecule has 0 saturated heterocycles. The van der Waals surface area contributed by atoms with Gasteiger partial charge in [0.15, 0.2) is 0 Å². The van der Waals surface area contributed by atoms with Crippen LogP contribution in [0.3, 0.4) is 0 Å². The van der Waals surface area contributed by atoms with Crippen LogP contribution in [0.4, 0.5) is 5.69 Å². The van der Waals surface area contributed by atoms with E-state index < -0.39 is 0 Å². The fraction of sp³-hybridized carbons (Fsp3) is 0.500. The van der Waals surface area contributed by atoms with E-state index in [0.717, 1.165) is 18.2 Å². The molecule has 1 aromatic rings. The lowest BCUT2D eigenvalue weighted by Crippen LogP contribution is -2.12. The van der Waals surface area contributed by atoms with Crippen molar-refractivity contribution in [2.24, 2.45) is 17.1 Å². The highest BCUT2D eigenvalue weighted by Gasteiger charge is 2.44. The molecule has 0 aromatic carbocycles. The molecule has 0 amide bonds. The number of rotatable bonds is 4. The molecule has 2 rings (SSSR count). The van der Waals surface area contributed by atoms with Gasteiger partial charge in [-0.2, -0.15) is 0 Å². The number of pyridine rings is 1. The van der Waals surface area contributed by atoms with Crippen LogP contribution in [0.15, 0.2) is 18.3 Å². The highest BCUT2D eigenvalue weighted by molar-refractivity contribution is 7.80. The largest absolute Gasteiger partial charge is 0.388 e. The van der Waals surface area contributed by atoms with Gasteiger partial charge in [-0.05, 0) is 29.9 Å². The highest BCUT2D eigenvalue weighted by Crippen LogP contribution is 2.51. The fourth-order valence-electron chi connectivity index (χ4n) is 1.81. The lowest BCUT2D eigenvalue weighted by Gasteiger charge is -2.07. The molecule has 1 atom stereocenters. The maximum Gasteiger partial charge on any atom is 0.122 e. The molecular weight excluding hydrogens is 218 g/mol. The van der Waals surface area contributed by atoms with Gasteiger partial charge in [0.25, 0.3) is 0 Å². The molecule has 4 heteroatoms. The summed E-state index contributed by atoms with van der Waals surface area (Å²) in [5.74, 6) is 0.780. The average Bonchev–Trinajstić information content (AvgIpc) is 2.84. The van der Waals surface area contributed by atoms with Gasteiger partial charge in [0.05, 0.1) is 17.6 Å². The summed E-state index contributed by atoms with van der Waals surface area (Å²) in [4.78, 5) is 4.53. The molecular formula is C12H17N3S. The van der Waals surface area contributed by atoms with Gasteiger partial charge in [0, 0.05) is 6.54 Å². The van der Waals surface area contributed by atoms with Gasteiger partial charge in [-0.1, -0.05) is 26.1 Å². The molecule has 1 fully saturated rings. The Labute approximate surface area is 101 Å². The van der Waals surface area contributed by atoms with Crippen LogP contribution in [0.1, 0.15) is 26.0 Å². The maximum absolute atomic E-state index is 5.48. The molecule has 1 aliphatic rings. The summed E-state index contributed by atoms with van der Waals surface area (Å²) in [6.07, 6.45) is 3.09. The molecule has 1 unspecified atom stereocenters. The number of nitrogens with zero attached hydrogens (tertiary/aromatic N) is 1. The zero-order valence-corrected chi connectivity index (χ0v) is 10.5. The first kappa shape index (κ1) is 11.3. The molecule has 1 aromatic heterocycles. The van der Waals surface area contributed by atoms with Gasteiger partial charge in [-0.3, -0.25) is 4.98 Å². The minimum Gasteiger partial charge on any atom is -0.388 e. The molecule has 86 valence electrons. The Hall–Kier alpha value is -1.16. The number of hydrogen-bond donors (Lipinski definition) is 2. The zero-order valence-electron chi connectivity index (χ0n) is 9.66. The summed E-state index contributed by atoms with van der Waals surface area (Å²) in [6.45, 7) is 5.61. The third-order valence-electron chi connectivity index (χ3n) is 3.29. The Morgan fingerprint density at radius 2 is 2.31 bits per heavy atom. The van der Waals surface area contributed by atoms with Crippen molar-refractivity contribution in [3.05, 3.63) is 24.0 Å². The third kappa shape index (κ3) is 2.50. The van der Waals surface area contributed by atoms with Crippen LogP contribution in [0, 0.1) is 11.3 Å². The Morgan fingerprint density at radius 3 is 2.75 bits per heavy atom. The molecule has 1 aliphatic carbocycles. The van der Waals surface area contributed by atoms with Crippen LogP contribution in [-0.4, -0.2) is 16.5 Å². The first-order valence-electron chi connectivity index (χ1n) is 5.49. The molecule has 3 nitrogen and oxygen atoms in total. The van der Waals surface area contributed by atoms with Gasteiger partial charge in [-0.25, -0.2) is 0 Å². The molecule has 0 spiro atoms. The second-order valence-electron chi connectivity index (χ2n) is 5.07. The van der Waals surface area contributed by atoms with E-state index >= 15 is 0 Å². The molecule has 0 radical (unpaired) electrons. The topological polar surface area (TPSA) is 50.9 Å². The van der Waals surface area contributed by atoms with Crippen LogP contribution >= 0.6 is 12.2 Å². The molecule has 0 bridgehead atoms. The van der Waals surface area contributed by atoms with Crippen LogP contribution in [0.5, 0.6) is 0 Å². The van der Waals surface area contributed by atoms with Crippen LogP contribution in [0.25, 0.3) is 0 Å². The Balaban J connectivity index is 1.88. The zero-order chi connectivity index (χ0) is 11.8. The number of hydrogen-bond acceptors (Lipinski definition) is 3. The molecule has 3 N–H and O–H groups in total. The van der Waals surface area contributed by atoms with Crippen molar-refractivity contribution in [1.82, 2.24) is 4.98 Å². The number of anilines is 1. The first-order chi connectivity index (χ1) is 7.49. The van der Waals surface area contributed by atoms with E-state index in [9.17, 15) is 0 Å². The van der Waals surface area contributed by atoms with E-state index in [1.807, 2.05) is 12.1 Å². The quantitative estimate of drug-likeness (QED) is 0.785. The smallest absolute Gasteiger partial charge is 0.122 e. The average molecular weight is 235 g/mol. The normalized spacial score (nSPS) is 21.5. The molecule has 1 saturated carbocycles. The lowest BCUT2D eigenvalue weighted by atomic mass is 10.1. The van der Waals surface area contributed by atoms with Crippen molar-refractivity contribution in [3.63, 3.8) is 0 Å². The number of aromatic nitrogens is 1. The number of nitrogens with two attached hydrogens (primary N) is 1. The molecule has 16 heavy (non-hydrogen) atoms. The second-order valence-corrected chi connectivity index (χ2v) is 5.51. The lowest BCUT2D eigenvalue weighted by molar-refractivity contribution is 0.573. The second kappa shape index (κ2) is 4.01. The minimum atomic E-state index is 0.342. The first-order valence-corrected chi connectivity index (χ1v) is 5.89. The number of thiocarbonyl (C=S) groups is 1. The van der Waals surface area contributed by atoms with Gasteiger partial charge < -0.3 is 11.1 Å². The summed E-state index contributed by atoms with van der Waals surface area (Å²) in [5.41, 5.74) is 7.70. The van der Waals surface area contributed by atoms with Crippen molar-refractivity contribution < 1.29 is 0 Å². The minimum absolute atomic E-state index is 0.342. The van der Waals surface area contributed by atoms with Gasteiger partial charge in [-0.15, -0.1) is 0 Å². The van der Waals surface area contributed by atoms with E-state index in [4.69, 9.17) is 18.0 Å². The van der Waals surface area contributed by atoms with E-state index in [2.05, 4.69) is 24.1 Å². The van der Waals surface area contributed by atoms with E-state index in [0.29, 0.717) is 16.1 Å². The van der Waals surface area contributed by atoms with Gasteiger partial charge in [0.1, 0.15) is 4.99 Å². The predicted octanol–water partition coefficient (Wildman–Crippen LogP) is 2.17. The highest BCUT2D eigenvalue weighted by atomic mass is 32.1. The summed E-state index contributed by atoms with van der Waals surface area (Å²) in [6, 6.07) is 3.82. The van der Waals surface area contributed by atoms with E-state index in [1.54, 1.807) is 6.20 Å². The summed E-state index contributed by atoms with van der Waals surface area (Å²) < 4.78 is 0. The standard InChI is InChI=1S/C12H17N3S/c1-12(2)5-8(12)6-14-9-3-4-10(11(13)16)15-7-9/h3-4,7-8,14H,5-6H2,1-2H3,(H2,13,16). The van der Waals surface area contributed by atoms with Gasteiger partial charge >= 0.3 is 0 Å². The fourth-order valence-corrected chi connectivity index (χ4v) is 1.93. The van der Waals surface area contributed by atoms with Crippen molar-refractivity contribution in [2.45, 2.75) is 20.3 Å². The monoisotopic (exact) mass is 235 g/mol. The van der Waals surface area contributed by atoms with Crippen molar-refractivity contribution in [1.29, 1.82) is 0 Å². The van der Waals surface area contributed by atoms with Crippen molar-refractivity contribution in [3.8, 4) is 0 Å². The van der Waals surface area contributed by atoms with E-state index in [-0.39, 0.29) is 0 Å². The third-order valence-corrected chi connectivity index (χ3v) is 3.50. The summed E-state index contributed by atoms with van der Waals surface area (Å²) in [5, 5.41) is 3.38. The number of nitrogens with one attached hydrogen (secondary N) is 1. The SMILES string of the molecule is CC1(C)CC1CNc1ccc(C(N)=S)nc1. The Morgan fingerprint density at radius 1 is 1.62 bits per heavy atom. The van der Waals surface area contributed by atoms with Crippen molar-refractivity contribution >= 4 is 22.9 Å². The van der Waals surface area contributed by atoms with E-state index in [1.165, 1.54) is 6.42 Å². The summed E-state index contributed by atoms with van der Waals surface area (Å²) in [7, 11) is 0. The molecule has 0 aliphatic heterocycles. The maximum atomic E-state index is 5.48. The Kier molecular flexibility index (Phi) is 2.84. The van der Waals surface area contributed by atoms with Crippen LogP contribution in [0.2, 0.25) is 0 Å². The molecule has 1 heterocycles. The Bertz CT molecular complexity index is 397. The van der Waals surface area contributed by atoms with Crippen molar-refractivity contribution in [2.75, 3.05) is 11.9 Å². The summed E-state index contributed by atoms with van der Waals surface area (Å²) >= 11 is 4.85. The van der Waals surface area contributed by atoms with Crippen LogP contribution < -0.4 is 11.1 Å². The van der Waals surface area contributed by atoms with Gasteiger partial charge in [0.2, 0.25) is 0 Å².